The Labute approximate surface area is 93.7 Å². The smallest absolute Gasteiger partial charge is 0.170 e. The Morgan fingerprint density at radius 1 is 1.20 bits per heavy atom. The largest absolute Gasteiger partial charge is 0.294 e. The lowest BCUT2D eigenvalue weighted by atomic mass is 10.1. The Hall–Kier alpha value is -1.15. The molecule has 0 saturated heterocycles. The van der Waals surface area contributed by atoms with Crippen LogP contribution >= 0.6 is 11.3 Å². The van der Waals surface area contributed by atoms with Crippen molar-refractivity contribution in [3.05, 3.63) is 33.7 Å². The van der Waals surface area contributed by atoms with Crippen molar-refractivity contribution in [1.29, 1.82) is 0 Å². The molecule has 2 rings (SSSR count). The van der Waals surface area contributed by atoms with Crippen molar-refractivity contribution in [1.82, 2.24) is 0 Å². The minimum Gasteiger partial charge on any atom is -0.294 e. The van der Waals surface area contributed by atoms with Crippen molar-refractivity contribution < 1.29 is 4.79 Å². The molecule has 2 aromatic rings. The van der Waals surface area contributed by atoms with Gasteiger partial charge in [0, 0.05) is 4.70 Å². The molecule has 1 aromatic heterocycles. The van der Waals surface area contributed by atoms with E-state index in [4.69, 9.17) is 0 Å². The third kappa shape index (κ3) is 1.59. The van der Waals surface area contributed by atoms with E-state index in [0.717, 1.165) is 10.4 Å². The summed E-state index contributed by atoms with van der Waals surface area (Å²) in [5.74, 6) is 0.172. The zero-order valence-corrected chi connectivity index (χ0v) is 10.3. The molecule has 1 nitrogen and oxygen atoms in total. The number of ketones is 1. The molecule has 78 valence electrons. The first-order valence-corrected chi connectivity index (χ1v) is 5.83. The second kappa shape index (κ2) is 3.46. The van der Waals surface area contributed by atoms with Crippen LogP contribution in [-0.2, 0) is 0 Å². The molecule has 15 heavy (non-hydrogen) atoms. The van der Waals surface area contributed by atoms with Crippen molar-refractivity contribution in [2.24, 2.45) is 0 Å². The van der Waals surface area contributed by atoms with Gasteiger partial charge in [-0.15, -0.1) is 11.3 Å². The van der Waals surface area contributed by atoms with Gasteiger partial charge < -0.3 is 0 Å². The van der Waals surface area contributed by atoms with Gasteiger partial charge in [0.1, 0.15) is 0 Å². The van der Waals surface area contributed by atoms with Crippen LogP contribution in [0.4, 0.5) is 0 Å². The van der Waals surface area contributed by atoms with E-state index in [0.29, 0.717) is 0 Å². The van der Waals surface area contributed by atoms with Crippen molar-refractivity contribution in [3.63, 3.8) is 0 Å². The van der Waals surface area contributed by atoms with E-state index in [2.05, 4.69) is 26.0 Å². The van der Waals surface area contributed by atoms with E-state index in [9.17, 15) is 4.79 Å². The molecular formula is C13H14OS. The SMILES string of the molecule is CC(=O)c1sc2c(C)cc(C)cc2c1C. The summed E-state index contributed by atoms with van der Waals surface area (Å²) >= 11 is 1.62. The van der Waals surface area contributed by atoms with Crippen LogP contribution in [0.5, 0.6) is 0 Å². The molecule has 0 atom stereocenters. The Bertz CT molecular complexity index is 549. The van der Waals surface area contributed by atoms with Gasteiger partial charge in [0.2, 0.25) is 0 Å². The number of aryl methyl sites for hydroxylation is 3. The highest BCUT2D eigenvalue weighted by Crippen LogP contribution is 2.34. The van der Waals surface area contributed by atoms with Crippen molar-refractivity contribution in [2.45, 2.75) is 27.7 Å². The second-order valence-electron chi connectivity index (χ2n) is 4.07. The van der Waals surface area contributed by atoms with E-state index in [-0.39, 0.29) is 5.78 Å². The van der Waals surface area contributed by atoms with Crippen LogP contribution in [0.25, 0.3) is 10.1 Å². The molecule has 0 spiro atoms. The van der Waals surface area contributed by atoms with Gasteiger partial charge in [0.15, 0.2) is 5.78 Å². The maximum absolute atomic E-state index is 11.4. The van der Waals surface area contributed by atoms with E-state index in [1.165, 1.54) is 21.2 Å². The summed E-state index contributed by atoms with van der Waals surface area (Å²) < 4.78 is 1.25. The van der Waals surface area contributed by atoms with Gasteiger partial charge in [-0.05, 0) is 44.2 Å². The summed E-state index contributed by atoms with van der Waals surface area (Å²) in [4.78, 5) is 12.3. The molecule has 0 unspecified atom stereocenters. The number of hydrogen-bond donors (Lipinski definition) is 0. The van der Waals surface area contributed by atoms with Crippen LogP contribution in [-0.4, -0.2) is 5.78 Å². The van der Waals surface area contributed by atoms with Crippen molar-refractivity contribution in [3.8, 4) is 0 Å². The first-order valence-electron chi connectivity index (χ1n) is 5.02. The molecule has 0 N–H and O–H groups in total. The van der Waals surface area contributed by atoms with Gasteiger partial charge in [0.25, 0.3) is 0 Å². The number of rotatable bonds is 1. The Morgan fingerprint density at radius 2 is 1.87 bits per heavy atom. The number of carbonyl (C=O) groups excluding carboxylic acids is 1. The summed E-state index contributed by atoms with van der Waals surface area (Å²) in [5.41, 5.74) is 3.66. The molecule has 0 aliphatic rings. The molecule has 0 fully saturated rings. The zero-order chi connectivity index (χ0) is 11.2. The Kier molecular flexibility index (Phi) is 2.39. The number of benzene rings is 1. The third-order valence-electron chi connectivity index (χ3n) is 2.69. The lowest BCUT2D eigenvalue weighted by Crippen LogP contribution is -1.88. The normalized spacial score (nSPS) is 10.9. The average molecular weight is 218 g/mol. The van der Waals surface area contributed by atoms with Crippen LogP contribution in [0, 0.1) is 20.8 Å². The number of fused-ring (bicyclic) bond motifs is 1. The number of carbonyl (C=O) groups is 1. The van der Waals surface area contributed by atoms with E-state index < -0.39 is 0 Å². The van der Waals surface area contributed by atoms with E-state index in [1.54, 1.807) is 18.3 Å². The van der Waals surface area contributed by atoms with Crippen molar-refractivity contribution >= 4 is 27.2 Å². The van der Waals surface area contributed by atoms with Crippen LogP contribution in [0.2, 0.25) is 0 Å². The summed E-state index contributed by atoms with van der Waals surface area (Å²) in [7, 11) is 0. The molecule has 0 aliphatic carbocycles. The fraction of sp³-hybridized carbons (Fsp3) is 0.308. The molecular weight excluding hydrogens is 204 g/mol. The summed E-state index contributed by atoms with van der Waals surface area (Å²) in [5, 5.41) is 1.24. The first-order chi connectivity index (χ1) is 7.00. The van der Waals surface area contributed by atoms with Gasteiger partial charge in [-0.1, -0.05) is 17.7 Å². The monoisotopic (exact) mass is 218 g/mol. The zero-order valence-electron chi connectivity index (χ0n) is 9.47. The second-order valence-corrected chi connectivity index (χ2v) is 5.09. The highest BCUT2D eigenvalue weighted by molar-refractivity contribution is 7.21. The van der Waals surface area contributed by atoms with Crippen molar-refractivity contribution in [2.75, 3.05) is 0 Å². The Morgan fingerprint density at radius 3 is 2.47 bits per heavy atom. The molecule has 0 amide bonds. The number of hydrogen-bond acceptors (Lipinski definition) is 2. The topological polar surface area (TPSA) is 17.1 Å². The lowest BCUT2D eigenvalue weighted by Gasteiger charge is -1.99. The number of Topliss-reactive ketones (excluding diaryl/α,β-unsaturated/α-hetero) is 1. The highest BCUT2D eigenvalue weighted by Gasteiger charge is 2.13. The average Bonchev–Trinajstić information content (AvgIpc) is 2.44. The fourth-order valence-electron chi connectivity index (χ4n) is 2.01. The van der Waals surface area contributed by atoms with Crippen LogP contribution in [0.1, 0.15) is 33.3 Å². The molecule has 0 saturated carbocycles. The predicted octanol–water partition coefficient (Wildman–Crippen LogP) is 4.03. The third-order valence-corrected chi connectivity index (χ3v) is 4.23. The van der Waals surface area contributed by atoms with Crippen LogP contribution in [0.3, 0.4) is 0 Å². The molecule has 0 bridgehead atoms. The minimum absolute atomic E-state index is 0.172. The van der Waals surface area contributed by atoms with E-state index >= 15 is 0 Å². The number of thiophene rings is 1. The highest BCUT2D eigenvalue weighted by atomic mass is 32.1. The van der Waals surface area contributed by atoms with Crippen LogP contribution < -0.4 is 0 Å². The van der Waals surface area contributed by atoms with Gasteiger partial charge in [-0.3, -0.25) is 4.79 Å². The molecule has 0 aliphatic heterocycles. The molecule has 1 aromatic carbocycles. The predicted molar refractivity (Wildman–Crippen MR) is 66.0 cm³/mol. The summed E-state index contributed by atoms with van der Waals surface area (Å²) in [6, 6.07) is 4.34. The van der Waals surface area contributed by atoms with Crippen LogP contribution in [0.15, 0.2) is 12.1 Å². The van der Waals surface area contributed by atoms with Gasteiger partial charge in [-0.2, -0.15) is 0 Å². The minimum atomic E-state index is 0.172. The van der Waals surface area contributed by atoms with Gasteiger partial charge in [0.05, 0.1) is 4.88 Å². The Balaban J connectivity index is 2.88. The molecule has 0 radical (unpaired) electrons. The lowest BCUT2D eigenvalue weighted by molar-refractivity contribution is 0.102. The quantitative estimate of drug-likeness (QED) is 0.660. The summed E-state index contributed by atoms with van der Waals surface area (Å²) in [6.45, 7) is 7.88. The molecule has 1 heterocycles. The molecule has 2 heteroatoms. The standard InChI is InChI=1S/C13H14OS/c1-7-5-8(2)12-11(6-7)9(3)13(15-12)10(4)14/h5-6H,1-4H3. The first kappa shape index (κ1) is 10.4. The van der Waals surface area contributed by atoms with E-state index in [1.807, 2.05) is 6.92 Å². The maximum atomic E-state index is 11.4. The fourth-order valence-corrected chi connectivity index (χ4v) is 3.16. The van der Waals surface area contributed by atoms with Gasteiger partial charge >= 0.3 is 0 Å². The maximum Gasteiger partial charge on any atom is 0.170 e. The summed E-state index contributed by atoms with van der Waals surface area (Å²) in [6.07, 6.45) is 0. The van der Waals surface area contributed by atoms with Gasteiger partial charge in [-0.25, -0.2) is 0 Å².